The van der Waals surface area contributed by atoms with Crippen molar-refractivity contribution in [3.8, 4) is 0 Å². The van der Waals surface area contributed by atoms with Crippen molar-refractivity contribution < 1.29 is 0 Å². The summed E-state index contributed by atoms with van der Waals surface area (Å²) in [7, 11) is 0. The molecule has 0 aromatic carbocycles. The van der Waals surface area contributed by atoms with Crippen LogP contribution in [0.25, 0.3) is 0 Å². The Morgan fingerprint density at radius 1 is 1.70 bits per heavy atom. The van der Waals surface area contributed by atoms with E-state index >= 15 is 0 Å². The van der Waals surface area contributed by atoms with Crippen LogP contribution in [0.3, 0.4) is 0 Å². The molecular formula is C7H13IN2. The molecule has 0 unspecified atom stereocenters. The van der Waals surface area contributed by atoms with Gasteiger partial charge >= 0.3 is 0 Å². The van der Waals surface area contributed by atoms with Gasteiger partial charge in [-0.05, 0) is 20.8 Å². The molecule has 58 valence electrons. The van der Waals surface area contributed by atoms with E-state index in [1.54, 1.807) is 0 Å². The fraction of sp³-hybridized carbons (Fsp3) is 0.857. The van der Waals surface area contributed by atoms with E-state index < -0.39 is 0 Å². The van der Waals surface area contributed by atoms with Gasteiger partial charge in [0.25, 0.3) is 0 Å². The van der Waals surface area contributed by atoms with Crippen LogP contribution in [0, 0.1) is 0 Å². The quantitative estimate of drug-likeness (QED) is 0.475. The van der Waals surface area contributed by atoms with Crippen molar-refractivity contribution in [3.63, 3.8) is 0 Å². The van der Waals surface area contributed by atoms with Gasteiger partial charge in [0.15, 0.2) is 0 Å². The van der Waals surface area contributed by atoms with Crippen molar-refractivity contribution >= 4 is 29.1 Å². The summed E-state index contributed by atoms with van der Waals surface area (Å²) in [6, 6.07) is 0.476. The van der Waals surface area contributed by atoms with Crippen molar-refractivity contribution in [2.24, 2.45) is 4.99 Å². The molecule has 0 aromatic heterocycles. The number of halogens is 1. The molecule has 1 aliphatic heterocycles. The van der Waals surface area contributed by atoms with Crippen LogP contribution in [0.15, 0.2) is 4.99 Å². The van der Waals surface area contributed by atoms with Crippen LogP contribution in [0.4, 0.5) is 0 Å². The maximum absolute atomic E-state index is 4.29. The molecule has 1 heterocycles. The van der Waals surface area contributed by atoms with E-state index in [0.717, 1.165) is 6.54 Å². The number of hydrogen-bond donors (Lipinski definition) is 0. The molecule has 1 aliphatic rings. The highest BCUT2D eigenvalue weighted by molar-refractivity contribution is 14.1. The highest BCUT2D eigenvalue weighted by Gasteiger charge is 2.30. The second-order valence-electron chi connectivity index (χ2n) is 3.35. The lowest BCUT2D eigenvalue weighted by atomic mass is 10.0. The van der Waals surface area contributed by atoms with Crippen LogP contribution in [-0.2, 0) is 0 Å². The summed E-state index contributed by atoms with van der Waals surface area (Å²) in [4.78, 5) is 4.29. The fourth-order valence-electron chi connectivity index (χ4n) is 1.11. The summed E-state index contributed by atoms with van der Waals surface area (Å²) in [5.41, 5.74) is 0.231. The lowest BCUT2D eigenvalue weighted by molar-refractivity contribution is 0.258. The second kappa shape index (κ2) is 2.77. The Morgan fingerprint density at radius 3 is 2.70 bits per heavy atom. The van der Waals surface area contributed by atoms with E-state index in [2.05, 4.69) is 51.7 Å². The monoisotopic (exact) mass is 252 g/mol. The maximum Gasteiger partial charge on any atom is 0.0573 e. The van der Waals surface area contributed by atoms with Gasteiger partial charge in [-0.2, -0.15) is 0 Å². The van der Waals surface area contributed by atoms with Gasteiger partial charge in [-0.3, -0.25) is 4.99 Å². The molecule has 1 rings (SSSR count). The molecule has 0 aromatic rings. The molecular weight excluding hydrogens is 239 g/mol. The number of aliphatic imine (C=N–C) groups is 1. The number of rotatable bonds is 0. The summed E-state index contributed by atoms with van der Waals surface area (Å²) >= 11 is 2.37. The fourth-order valence-corrected chi connectivity index (χ4v) is 1.40. The Balaban J connectivity index is 2.75. The molecule has 0 saturated carbocycles. The summed E-state index contributed by atoms with van der Waals surface area (Å²) in [6.45, 7) is 7.51. The van der Waals surface area contributed by atoms with Crippen LogP contribution in [-0.4, -0.2) is 27.5 Å². The van der Waals surface area contributed by atoms with E-state index in [9.17, 15) is 0 Å². The summed E-state index contributed by atoms with van der Waals surface area (Å²) < 4.78 is 2.32. The molecule has 0 spiro atoms. The number of hydrogen-bond acceptors (Lipinski definition) is 2. The predicted molar refractivity (Wildman–Crippen MR) is 52.8 cm³/mol. The second-order valence-corrected chi connectivity index (χ2v) is 4.39. The summed E-state index contributed by atoms with van der Waals surface area (Å²) in [5.74, 6) is 0. The van der Waals surface area contributed by atoms with E-state index in [1.807, 2.05) is 6.21 Å². The van der Waals surface area contributed by atoms with E-state index in [1.165, 1.54) is 0 Å². The normalized spacial score (nSPS) is 32.6. The topological polar surface area (TPSA) is 15.6 Å². The maximum atomic E-state index is 4.29. The van der Waals surface area contributed by atoms with Crippen LogP contribution >= 0.6 is 22.9 Å². The molecule has 0 N–H and O–H groups in total. The molecule has 0 saturated heterocycles. The Kier molecular flexibility index (Phi) is 2.34. The van der Waals surface area contributed by atoms with Gasteiger partial charge in [-0.1, -0.05) is 0 Å². The third-order valence-electron chi connectivity index (χ3n) is 1.74. The van der Waals surface area contributed by atoms with Crippen molar-refractivity contribution in [1.29, 1.82) is 0 Å². The third-order valence-corrected chi connectivity index (χ3v) is 3.92. The summed E-state index contributed by atoms with van der Waals surface area (Å²) in [6.07, 6.45) is 2.01. The van der Waals surface area contributed by atoms with E-state index in [0.29, 0.717) is 6.04 Å². The molecule has 1 atom stereocenters. The minimum absolute atomic E-state index is 0.231. The first-order chi connectivity index (χ1) is 4.54. The number of nitrogens with zero attached hydrogens (tertiary/aromatic N) is 2. The van der Waals surface area contributed by atoms with Gasteiger partial charge in [-0.15, -0.1) is 0 Å². The first-order valence-corrected chi connectivity index (χ1v) is 4.45. The van der Waals surface area contributed by atoms with Crippen LogP contribution in [0.2, 0.25) is 0 Å². The Labute approximate surface area is 76.2 Å². The van der Waals surface area contributed by atoms with E-state index in [4.69, 9.17) is 0 Å². The zero-order chi connectivity index (χ0) is 7.78. The molecule has 3 heteroatoms. The van der Waals surface area contributed by atoms with Crippen LogP contribution in [0.1, 0.15) is 20.8 Å². The van der Waals surface area contributed by atoms with Gasteiger partial charge < -0.3 is 0 Å². The van der Waals surface area contributed by atoms with Gasteiger partial charge in [-0.25, -0.2) is 3.11 Å². The van der Waals surface area contributed by atoms with Gasteiger partial charge in [0.05, 0.1) is 12.6 Å². The van der Waals surface area contributed by atoms with Crippen molar-refractivity contribution in [1.82, 2.24) is 3.11 Å². The average molecular weight is 252 g/mol. The minimum Gasteiger partial charge on any atom is -0.294 e. The van der Waals surface area contributed by atoms with Crippen molar-refractivity contribution in [2.45, 2.75) is 32.4 Å². The van der Waals surface area contributed by atoms with E-state index in [-0.39, 0.29) is 5.54 Å². The molecule has 0 radical (unpaired) electrons. The lowest BCUT2D eigenvalue weighted by Crippen LogP contribution is -2.48. The SMILES string of the molecule is C[C@H]1C=NCC(C)(C)N1I. The van der Waals surface area contributed by atoms with Crippen LogP contribution < -0.4 is 0 Å². The molecule has 0 aliphatic carbocycles. The smallest absolute Gasteiger partial charge is 0.0573 e. The van der Waals surface area contributed by atoms with Crippen LogP contribution in [0.5, 0.6) is 0 Å². The Bertz CT molecular complexity index is 154. The highest BCUT2D eigenvalue weighted by Crippen LogP contribution is 2.24. The Morgan fingerprint density at radius 2 is 2.30 bits per heavy atom. The zero-order valence-electron chi connectivity index (χ0n) is 6.63. The standard InChI is InChI=1S/C7H13IN2/c1-6-4-9-5-7(2,3)10(6)8/h4,6H,5H2,1-3H3/t6-/m0/s1. The van der Waals surface area contributed by atoms with Crippen molar-refractivity contribution in [3.05, 3.63) is 0 Å². The first-order valence-electron chi connectivity index (χ1n) is 3.49. The largest absolute Gasteiger partial charge is 0.294 e. The average Bonchev–Trinajstić information content (AvgIpc) is 1.83. The first kappa shape index (κ1) is 8.46. The van der Waals surface area contributed by atoms with Gasteiger partial charge in [0.2, 0.25) is 0 Å². The lowest BCUT2D eigenvalue weighted by Gasteiger charge is -2.38. The molecule has 2 nitrogen and oxygen atoms in total. The van der Waals surface area contributed by atoms with Crippen molar-refractivity contribution in [2.75, 3.05) is 6.54 Å². The highest BCUT2D eigenvalue weighted by atomic mass is 127. The third kappa shape index (κ3) is 1.50. The zero-order valence-corrected chi connectivity index (χ0v) is 8.79. The summed E-state index contributed by atoms with van der Waals surface area (Å²) in [5, 5.41) is 0. The molecule has 10 heavy (non-hydrogen) atoms. The molecule has 0 bridgehead atoms. The predicted octanol–water partition coefficient (Wildman–Crippen LogP) is 1.89. The molecule has 0 amide bonds. The minimum atomic E-state index is 0.231. The van der Waals surface area contributed by atoms with Gasteiger partial charge in [0.1, 0.15) is 0 Å². The van der Waals surface area contributed by atoms with Gasteiger partial charge in [0, 0.05) is 34.6 Å². The Hall–Kier alpha value is 0.360. The molecule has 0 fully saturated rings.